The maximum absolute atomic E-state index is 6.01. The van der Waals surface area contributed by atoms with Crippen molar-refractivity contribution in [2.75, 3.05) is 18.8 Å². The molecule has 1 aromatic rings. The van der Waals surface area contributed by atoms with E-state index in [1.165, 1.54) is 50.8 Å². The summed E-state index contributed by atoms with van der Waals surface area (Å²) in [4.78, 5) is 2.68. The molecule has 1 aliphatic heterocycles. The molecule has 0 spiro atoms. The van der Waals surface area contributed by atoms with E-state index in [9.17, 15) is 0 Å². The van der Waals surface area contributed by atoms with E-state index in [1.807, 2.05) is 12.1 Å². The summed E-state index contributed by atoms with van der Waals surface area (Å²) in [7, 11) is 0. The molecule has 2 rings (SSSR count). The van der Waals surface area contributed by atoms with Crippen LogP contribution in [-0.2, 0) is 6.42 Å². The van der Waals surface area contributed by atoms with Crippen molar-refractivity contribution in [3.05, 3.63) is 29.8 Å². The molecule has 0 aliphatic carbocycles. The van der Waals surface area contributed by atoms with Crippen molar-refractivity contribution in [2.24, 2.45) is 0 Å². The number of piperidine rings is 1. The lowest BCUT2D eigenvalue weighted by Crippen LogP contribution is -2.40. The standard InChI is InChI=1S/C16H26N2/c1-2-7-15-9-5-6-12-18(15)13-11-14-8-3-4-10-16(14)17/h3-4,8,10,15H,2,5-7,9,11-13,17H2,1H3. The molecule has 0 saturated carbocycles. The molecule has 1 fully saturated rings. The summed E-state index contributed by atoms with van der Waals surface area (Å²) >= 11 is 0. The van der Waals surface area contributed by atoms with Crippen molar-refractivity contribution in [1.82, 2.24) is 4.90 Å². The highest BCUT2D eigenvalue weighted by Gasteiger charge is 2.21. The minimum Gasteiger partial charge on any atom is -0.399 e. The van der Waals surface area contributed by atoms with E-state index >= 15 is 0 Å². The van der Waals surface area contributed by atoms with Gasteiger partial charge in [0.15, 0.2) is 0 Å². The lowest BCUT2D eigenvalue weighted by molar-refractivity contribution is 0.141. The average molecular weight is 246 g/mol. The summed E-state index contributed by atoms with van der Waals surface area (Å²) < 4.78 is 0. The largest absolute Gasteiger partial charge is 0.399 e. The smallest absolute Gasteiger partial charge is 0.0347 e. The zero-order chi connectivity index (χ0) is 12.8. The van der Waals surface area contributed by atoms with Gasteiger partial charge < -0.3 is 10.6 Å². The summed E-state index contributed by atoms with van der Waals surface area (Å²) in [6, 6.07) is 9.09. The van der Waals surface area contributed by atoms with E-state index in [4.69, 9.17) is 5.73 Å². The highest BCUT2D eigenvalue weighted by molar-refractivity contribution is 5.46. The molecule has 100 valence electrons. The van der Waals surface area contributed by atoms with Crippen LogP contribution in [0.3, 0.4) is 0 Å². The Kier molecular flexibility index (Phi) is 5.06. The molecule has 2 nitrogen and oxygen atoms in total. The van der Waals surface area contributed by atoms with Gasteiger partial charge in [-0.05, 0) is 43.9 Å². The van der Waals surface area contributed by atoms with Crippen LogP contribution in [-0.4, -0.2) is 24.0 Å². The van der Waals surface area contributed by atoms with Gasteiger partial charge in [-0.15, -0.1) is 0 Å². The molecule has 18 heavy (non-hydrogen) atoms. The Morgan fingerprint density at radius 2 is 2.11 bits per heavy atom. The van der Waals surface area contributed by atoms with Gasteiger partial charge in [-0.1, -0.05) is 38.0 Å². The van der Waals surface area contributed by atoms with Crippen molar-refractivity contribution >= 4 is 5.69 Å². The Morgan fingerprint density at radius 1 is 1.28 bits per heavy atom. The topological polar surface area (TPSA) is 29.3 Å². The third-order valence-corrected chi connectivity index (χ3v) is 4.09. The zero-order valence-corrected chi connectivity index (χ0v) is 11.6. The van der Waals surface area contributed by atoms with Gasteiger partial charge in [0.25, 0.3) is 0 Å². The highest BCUT2D eigenvalue weighted by Crippen LogP contribution is 2.21. The summed E-state index contributed by atoms with van der Waals surface area (Å²) in [5.74, 6) is 0. The molecular formula is C16H26N2. The van der Waals surface area contributed by atoms with Gasteiger partial charge in [-0.2, -0.15) is 0 Å². The molecule has 0 radical (unpaired) electrons. The third kappa shape index (κ3) is 3.49. The van der Waals surface area contributed by atoms with E-state index in [-0.39, 0.29) is 0 Å². The maximum Gasteiger partial charge on any atom is 0.0347 e. The van der Waals surface area contributed by atoms with Crippen LogP contribution in [0.2, 0.25) is 0 Å². The highest BCUT2D eigenvalue weighted by atomic mass is 15.2. The van der Waals surface area contributed by atoms with Gasteiger partial charge in [0.1, 0.15) is 0 Å². The Morgan fingerprint density at radius 3 is 2.89 bits per heavy atom. The number of nitrogen functional groups attached to an aromatic ring is 1. The fourth-order valence-electron chi connectivity index (χ4n) is 3.04. The molecule has 1 aliphatic rings. The van der Waals surface area contributed by atoms with Crippen LogP contribution in [0.25, 0.3) is 0 Å². The van der Waals surface area contributed by atoms with E-state index in [0.717, 1.165) is 18.2 Å². The molecular weight excluding hydrogens is 220 g/mol. The summed E-state index contributed by atoms with van der Waals surface area (Å²) in [6.45, 7) is 4.73. The predicted molar refractivity (Wildman–Crippen MR) is 78.7 cm³/mol. The second-order valence-electron chi connectivity index (χ2n) is 5.42. The van der Waals surface area contributed by atoms with Crippen LogP contribution in [0.5, 0.6) is 0 Å². The van der Waals surface area contributed by atoms with Crippen molar-refractivity contribution in [2.45, 2.75) is 51.5 Å². The van der Waals surface area contributed by atoms with Gasteiger partial charge in [-0.3, -0.25) is 0 Å². The number of para-hydroxylation sites is 1. The van der Waals surface area contributed by atoms with Crippen molar-refractivity contribution in [3.8, 4) is 0 Å². The summed E-state index contributed by atoms with van der Waals surface area (Å²) in [5, 5.41) is 0. The van der Waals surface area contributed by atoms with Crippen LogP contribution in [0.4, 0.5) is 5.69 Å². The van der Waals surface area contributed by atoms with Gasteiger partial charge >= 0.3 is 0 Å². The zero-order valence-electron chi connectivity index (χ0n) is 11.6. The first-order valence-electron chi connectivity index (χ1n) is 7.38. The summed E-state index contributed by atoms with van der Waals surface area (Å²) in [6.07, 6.45) is 7.91. The Hall–Kier alpha value is -1.02. The fourth-order valence-corrected chi connectivity index (χ4v) is 3.04. The number of nitrogens with two attached hydrogens (primary N) is 1. The molecule has 1 atom stereocenters. The molecule has 1 unspecified atom stereocenters. The van der Waals surface area contributed by atoms with Gasteiger partial charge in [0, 0.05) is 18.3 Å². The van der Waals surface area contributed by atoms with Crippen molar-refractivity contribution < 1.29 is 0 Å². The van der Waals surface area contributed by atoms with Crippen molar-refractivity contribution in [1.29, 1.82) is 0 Å². The third-order valence-electron chi connectivity index (χ3n) is 4.09. The molecule has 1 heterocycles. The van der Waals surface area contributed by atoms with Gasteiger partial charge in [0.2, 0.25) is 0 Å². The first-order valence-corrected chi connectivity index (χ1v) is 7.38. The number of anilines is 1. The lowest BCUT2D eigenvalue weighted by atomic mass is 9.97. The van der Waals surface area contributed by atoms with E-state index in [1.54, 1.807) is 0 Å². The Bertz CT molecular complexity index is 360. The SMILES string of the molecule is CCCC1CCCCN1CCc1ccccc1N. The normalized spacial score (nSPS) is 21.1. The minimum absolute atomic E-state index is 0.814. The van der Waals surface area contributed by atoms with E-state index in [0.29, 0.717) is 0 Å². The van der Waals surface area contributed by atoms with Crippen LogP contribution < -0.4 is 5.73 Å². The number of likely N-dealkylation sites (tertiary alicyclic amines) is 1. The molecule has 2 heteroatoms. The monoisotopic (exact) mass is 246 g/mol. The molecule has 0 amide bonds. The lowest BCUT2D eigenvalue weighted by Gasteiger charge is -2.35. The predicted octanol–water partition coefficient (Wildman–Crippen LogP) is 3.47. The van der Waals surface area contributed by atoms with Crippen molar-refractivity contribution in [3.63, 3.8) is 0 Å². The van der Waals surface area contributed by atoms with Gasteiger partial charge in [-0.25, -0.2) is 0 Å². The van der Waals surface area contributed by atoms with Crippen LogP contribution in [0.1, 0.15) is 44.6 Å². The first kappa shape index (κ1) is 13.4. The minimum atomic E-state index is 0.814. The number of benzene rings is 1. The number of hydrogen-bond donors (Lipinski definition) is 1. The Balaban J connectivity index is 1.89. The molecule has 1 aromatic carbocycles. The maximum atomic E-state index is 6.01. The number of nitrogens with zero attached hydrogens (tertiary/aromatic N) is 1. The summed E-state index contributed by atoms with van der Waals surface area (Å²) in [5.41, 5.74) is 8.26. The second-order valence-corrected chi connectivity index (χ2v) is 5.42. The quantitative estimate of drug-likeness (QED) is 0.806. The van der Waals surface area contributed by atoms with Crippen LogP contribution in [0, 0.1) is 0 Å². The number of hydrogen-bond acceptors (Lipinski definition) is 2. The van der Waals surface area contributed by atoms with Gasteiger partial charge in [0.05, 0.1) is 0 Å². The molecule has 0 bridgehead atoms. The first-order chi connectivity index (χ1) is 8.81. The second kappa shape index (κ2) is 6.79. The fraction of sp³-hybridized carbons (Fsp3) is 0.625. The van der Waals surface area contributed by atoms with E-state index in [2.05, 4.69) is 24.0 Å². The van der Waals surface area contributed by atoms with Crippen LogP contribution in [0.15, 0.2) is 24.3 Å². The van der Waals surface area contributed by atoms with Crippen LogP contribution >= 0.6 is 0 Å². The Labute approximate surface area is 111 Å². The molecule has 0 aromatic heterocycles. The average Bonchev–Trinajstić information content (AvgIpc) is 2.40. The molecule has 2 N–H and O–H groups in total. The molecule has 1 saturated heterocycles. The van der Waals surface area contributed by atoms with E-state index < -0.39 is 0 Å². The number of rotatable bonds is 5.